The number of carbonyl (C=O) groups is 1. The first-order chi connectivity index (χ1) is 15.1. The minimum atomic E-state index is 0.133. The number of ether oxygens (including phenoxy) is 1. The zero-order valence-electron chi connectivity index (χ0n) is 16.9. The number of ketones is 1. The Morgan fingerprint density at radius 1 is 1.00 bits per heavy atom. The first-order valence-corrected chi connectivity index (χ1v) is 11.2. The number of hydrogen-bond donors (Lipinski definition) is 0. The molecular formula is C26H21Cl2NO2. The SMILES string of the molecule is O=C(CC1COc2ccccc2C1)c1ccc2c(c1)N=C(Cc1c(Cl)cccc1Cl)C2. The van der Waals surface area contributed by atoms with Gasteiger partial charge in [-0.3, -0.25) is 9.79 Å². The van der Waals surface area contributed by atoms with Crippen LogP contribution in [0.3, 0.4) is 0 Å². The quantitative estimate of drug-likeness (QED) is 0.407. The maximum atomic E-state index is 12.9. The molecule has 31 heavy (non-hydrogen) atoms. The molecule has 0 aromatic heterocycles. The zero-order valence-corrected chi connectivity index (χ0v) is 18.4. The van der Waals surface area contributed by atoms with E-state index in [1.54, 1.807) is 0 Å². The summed E-state index contributed by atoms with van der Waals surface area (Å²) in [5, 5.41) is 1.30. The molecule has 0 fully saturated rings. The third kappa shape index (κ3) is 4.26. The second kappa shape index (κ2) is 8.49. The Hall–Kier alpha value is -2.62. The molecule has 0 aliphatic carbocycles. The molecule has 1 unspecified atom stereocenters. The van der Waals surface area contributed by atoms with Gasteiger partial charge in [0.05, 0.1) is 12.3 Å². The van der Waals surface area contributed by atoms with Gasteiger partial charge in [-0.25, -0.2) is 0 Å². The third-order valence-electron chi connectivity index (χ3n) is 5.95. The summed E-state index contributed by atoms with van der Waals surface area (Å²) in [6.07, 6.45) is 2.70. The van der Waals surface area contributed by atoms with Crippen molar-refractivity contribution < 1.29 is 9.53 Å². The number of Topliss-reactive ketones (excluding diaryl/α,β-unsaturated/α-hetero) is 1. The van der Waals surface area contributed by atoms with E-state index in [1.165, 1.54) is 5.56 Å². The lowest BCUT2D eigenvalue weighted by atomic mass is 9.90. The van der Waals surface area contributed by atoms with E-state index in [0.717, 1.165) is 41.1 Å². The van der Waals surface area contributed by atoms with Crippen molar-refractivity contribution >= 4 is 40.4 Å². The van der Waals surface area contributed by atoms with Gasteiger partial charge in [0.25, 0.3) is 0 Å². The van der Waals surface area contributed by atoms with Crippen molar-refractivity contribution in [3.63, 3.8) is 0 Å². The van der Waals surface area contributed by atoms with Crippen LogP contribution in [0.2, 0.25) is 10.0 Å². The number of para-hydroxylation sites is 1. The summed E-state index contributed by atoms with van der Waals surface area (Å²) in [4.78, 5) is 17.7. The van der Waals surface area contributed by atoms with Crippen LogP contribution in [-0.2, 0) is 19.3 Å². The number of carbonyl (C=O) groups excluding carboxylic acids is 1. The first kappa shape index (κ1) is 20.3. The number of hydrogen-bond acceptors (Lipinski definition) is 3. The molecule has 156 valence electrons. The number of halogens is 2. The van der Waals surface area contributed by atoms with Gasteiger partial charge in [-0.2, -0.15) is 0 Å². The Morgan fingerprint density at radius 3 is 2.65 bits per heavy atom. The molecule has 5 rings (SSSR count). The Balaban J connectivity index is 1.29. The molecule has 0 radical (unpaired) electrons. The molecule has 3 aromatic carbocycles. The van der Waals surface area contributed by atoms with Crippen LogP contribution in [0.1, 0.15) is 33.5 Å². The Bertz CT molecular complexity index is 1180. The van der Waals surface area contributed by atoms with Crippen LogP contribution in [0.15, 0.2) is 65.7 Å². The summed E-state index contributed by atoms with van der Waals surface area (Å²) >= 11 is 12.6. The Labute approximate surface area is 191 Å². The molecule has 0 saturated carbocycles. The third-order valence-corrected chi connectivity index (χ3v) is 6.66. The molecule has 0 bridgehead atoms. The van der Waals surface area contributed by atoms with Gasteiger partial charge in [0.2, 0.25) is 0 Å². The highest BCUT2D eigenvalue weighted by Crippen LogP contribution is 2.33. The first-order valence-electron chi connectivity index (χ1n) is 10.4. The molecule has 0 N–H and O–H groups in total. The average molecular weight is 450 g/mol. The van der Waals surface area contributed by atoms with Crippen LogP contribution in [-0.4, -0.2) is 18.1 Å². The zero-order chi connectivity index (χ0) is 21.4. The van der Waals surface area contributed by atoms with Crippen molar-refractivity contribution in [2.24, 2.45) is 10.9 Å². The van der Waals surface area contributed by atoms with E-state index in [1.807, 2.05) is 54.6 Å². The summed E-state index contributed by atoms with van der Waals surface area (Å²) in [6, 6.07) is 19.4. The summed E-state index contributed by atoms with van der Waals surface area (Å²) in [5.41, 5.74) is 5.78. The predicted octanol–water partition coefficient (Wildman–Crippen LogP) is 6.69. The second-order valence-electron chi connectivity index (χ2n) is 8.19. The molecule has 0 amide bonds. The van der Waals surface area contributed by atoms with Crippen LogP contribution in [0.4, 0.5) is 5.69 Å². The lowest BCUT2D eigenvalue weighted by molar-refractivity contribution is 0.0934. The molecule has 5 heteroatoms. The van der Waals surface area contributed by atoms with Gasteiger partial charge in [-0.15, -0.1) is 0 Å². The van der Waals surface area contributed by atoms with Crippen LogP contribution in [0.5, 0.6) is 5.75 Å². The number of aliphatic imine (C=N–C) groups is 1. The van der Waals surface area contributed by atoms with Crippen molar-refractivity contribution in [2.45, 2.75) is 25.7 Å². The van der Waals surface area contributed by atoms with Crippen molar-refractivity contribution in [2.75, 3.05) is 6.61 Å². The predicted molar refractivity (Wildman–Crippen MR) is 125 cm³/mol. The standard InChI is InChI=1S/C26H21Cl2NO2/c27-22-5-3-6-23(28)21(22)14-20-12-17-8-9-18(13-24(17)29-20)25(30)11-16-10-19-4-1-2-7-26(19)31-15-16/h1-9,13,16H,10-12,14-15H2. The van der Waals surface area contributed by atoms with Crippen molar-refractivity contribution in [1.29, 1.82) is 0 Å². The van der Waals surface area contributed by atoms with Crippen molar-refractivity contribution in [3.8, 4) is 5.75 Å². The fraction of sp³-hybridized carbons (Fsp3) is 0.231. The average Bonchev–Trinajstić information content (AvgIpc) is 3.18. The van der Waals surface area contributed by atoms with E-state index in [9.17, 15) is 4.79 Å². The highest BCUT2D eigenvalue weighted by molar-refractivity contribution is 6.36. The number of nitrogens with zero attached hydrogens (tertiary/aromatic N) is 1. The molecule has 0 spiro atoms. The van der Waals surface area contributed by atoms with Crippen LogP contribution in [0, 0.1) is 5.92 Å². The van der Waals surface area contributed by atoms with Gasteiger partial charge in [-0.1, -0.05) is 59.6 Å². The largest absolute Gasteiger partial charge is 0.493 e. The lowest BCUT2D eigenvalue weighted by Gasteiger charge is -2.24. The minimum Gasteiger partial charge on any atom is -0.493 e. The number of benzene rings is 3. The van der Waals surface area contributed by atoms with Gasteiger partial charge in [0.1, 0.15) is 5.75 Å². The molecule has 3 nitrogen and oxygen atoms in total. The van der Waals surface area contributed by atoms with Gasteiger partial charge >= 0.3 is 0 Å². The van der Waals surface area contributed by atoms with E-state index < -0.39 is 0 Å². The van der Waals surface area contributed by atoms with E-state index in [0.29, 0.717) is 35.1 Å². The maximum absolute atomic E-state index is 12.9. The van der Waals surface area contributed by atoms with Crippen molar-refractivity contribution in [3.05, 3.63) is 93.0 Å². The molecule has 2 aliphatic heterocycles. The van der Waals surface area contributed by atoms with E-state index in [4.69, 9.17) is 32.9 Å². The normalized spacial score (nSPS) is 16.8. The molecule has 2 heterocycles. The van der Waals surface area contributed by atoms with Gasteiger partial charge in [0, 0.05) is 46.5 Å². The fourth-order valence-corrected chi connectivity index (χ4v) is 4.86. The number of fused-ring (bicyclic) bond motifs is 2. The highest BCUT2D eigenvalue weighted by Gasteiger charge is 2.24. The summed E-state index contributed by atoms with van der Waals surface area (Å²) in [7, 11) is 0. The smallest absolute Gasteiger partial charge is 0.163 e. The van der Waals surface area contributed by atoms with Gasteiger partial charge in [-0.05, 0) is 47.4 Å². The molecule has 2 aliphatic rings. The molecule has 1 atom stereocenters. The molecular weight excluding hydrogens is 429 g/mol. The minimum absolute atomic E-state index is 0.133. The Kier molecular flexibility index (Phi) is 5.56. The Morgan fingerprint density at radius 2 is 1.81 bits per heavy atom. The van der Waals surface area contributed by atoms with Crippen LogP contribution in [0.25, 0.3) is 0 Å². The van der Waals surface area contributed by atoms with Gasteiger partial charge < -0.3 is 4.74 Å². The van der Waals surface area contributed by atoms with Crippen molar-refractivity contribution in [1.82, 2.24) is 0 Å². The lowest BCUT2D eigenvalue weighted by Crippen LogP contribution is -2.23. The second-order valence-corrected chi connectivity index (χ2v) is 9.01. The highest BCUT2D eigenvalue weighted by atomic mass is 35.5. The maximum Gasteiger partial charge on any atom is 0.163 e. The fourth-order valence-electron chi connectivity index (χ4n) is 4.33. The number of rotatable bonds is 5. The van der Waals surface area contributed by atoms with E-state index >= 15 is 0 Å². The monoisotopic (exact) mass is 449 g/mol. The molecule has 3 aromatic rings. The van der Waals surface area contributed by atoms with Crippen LogP contribution < -0.4 is 4.74 Å². The van der Waals surface area contributed by atoms with Gasteiger partial charge in [0.15, 0.2) is 5.78 Å². The summed E-state index contributed by atoms with van der Waals surface area (Å²) in [6.45, 7) is 0.578. The summed E-state index contributed by atoms with van der Waals surface area (Å²) in [5.74, 6) is 1.26. The van der Waals surface area contributed by atoms with Crippen LogP contribution >= 0.6 is 23.2 Å². The molecule has 0 saturated heterocycles. The van der Waals surface area contributed by atoms with E-state index in [2.05, 4.69) is 6.07 Å². The van der Waals surface area contributed by atoms with E-state index in [-0.39, 0.29) is 11.7 Å². The topological polar surface area (TPSA) is 38.7 Å². The summed E-state index contributed by atoms with van der Waals surface area (Å²) < 4.78 is 5.84.